The number of nitrogens with zero attached hydrogens (tertiary/aromatic N) is 1. The van der Waals surface area contributed by atoms with Gasteiger partial charge in [-0.2, -0.15) is 0 Å². The second-order valence-corrected chi connectivity index (χ2v) is 11.1. The number of carbonyl (C=O) groups is 2. The van der Waals surface area contributed by atoms with Crippen LogP contribution in [0.25, 0.3) is 10.9 Å². The summed E-state index contributed by atoms with van der Waals surface area (Å²) in [7, 11) is 4.78. The minimum absolute atomic E-state index is 0.0357. The molecule has 42 heavy (non-hydrogen) atoms. The first kappa shape index (κ1) is 29.2. The summed E-state index contributed by atoms with van der Waals surface area (Å²) in [5, 5.41) is 0.989. The number of ether oxygens (including phenoxy) is 3. The summed E-state index contributed by atoms with van der Waals surface area (Å²) in [5.41, 5.74) is 4.09. The van der Waals surface area contributed by atoms with E-state index in [4.69, 9.17) is 14.2 Å². The summed E-state index contributed by atoms with van der Waals surface area (Å²) in [6.07, 6.45) is 8.02. The van der Waals surface area contributed by atoms with Gasteiger partial charge in [-0.05, 0) is 59.9 Å². The summed E-state index contributed by atoms with van der Waals surface area (Å²) < 4.78 is 16.6. The maximum absolute atomic E-state index is 14.5. The van der Waals surface area contributed by atoms with E-state index in [-0.39, 0.29) is 18.1 Å². The Morgan fingerprint density at radius 1 is 0.881 bits per heavy atom. The first-order chi connectivity index (χ1) is 20.4. The van der Waals surface area contributed by atoms with E-state index in [9.17, 15) is 9.59 Å². The summed E-state index contributed by atoms with van der Waals surface area (Å²) in [5.74, 6) is 1.96. The molecule has 1 fully saturated rings. The Morgan fingerprint density at radius 3 is 2.31 bits per heavy atom. The van der Waals surface area contributed by atoms with E-state index in [1.165, 1.54) is 6.42 Å². The van der Waals surface area contributed by atoms with Crippen LogP contribution in [-0.2, 0) is 16.0 Å². The van der Waals surface area contributed by atoms with Crippen molar-refractivity contribution in [1.82, 2.24) is 4.98 Å². The minimum atomic E-state index is -0.813. The van der Waals surface area contributed by atoms with Gasteiger partial charge in [0.2, 0.25) is 5.91 Å². The molecule has 1 heterocycles. The molecule has 1 amide bonds. The molecule has 1 atom stereocenters. The van der Waals surface area contributed by atoms with Gasteiger partial charge >= 0.3 is 0 Å². The van der Waals surface area contributed by atoms with Crippen molar-refractivity contribution in [2.45, 2.75) is 57.9 Å². The summed E-state index contributed by atoms with van der Waals surface area (Å²) in [6.45, 7) is 1.96. The van der Waals surface area contributed by atoms with Crippen LogP contribution < -0.4 is 19.1 Å². The van der Waals surface area contributed by atoms with Crippen LogP contribution in [0.2, 0.25) is 0 Å². The Morgan fingerprint density at radius 2 is 1.60 bits per heavy atom. The van der Waals surface area contributed by atoms with Crippen LogP contribution >= 0.6 is 0 Å². The molecule has 0 spiro atoms. The first-order valence-electron chi connectivity index (χ1n) is 14.7. The molecule has 7 heteroatoms. The van der Waals surface area contributed by atoms with Crippen molar-refractivity contribution < 1.29 is 23.8 Å². The van der Waals surface area contributed by atoms with Gasteiger partial charge in [-0.3, -0.25) is 14.5 Å². The van der Waals surface area contributed by atoms with Crippen molar-refractivity contribution in [3.63, 3.8) is 0 Å². The number of hydrogen-bond acceptors (Lipinski definition) is 5. The zero-order chi connectivity index (χ0) is 29.6. The monoisotopic (exact) mass is 568 g/mol. The van der Waals surface area contributed by atoms with E-state index >= 15 is 0 Å². The highest BCUT2D eigenvalue weighted by atomic mass is 16.5. The molecule has 1 N–H and O–H groups in total. The van der Waals surface area contributed by atoms with Crippen molar-refractivity contribution >= 4 is 28.3 Å². The van der Waals surface area contributed by atoms with Crippen LogP contribution in [0.3, 0.4) is 0 Å². The van der Waals surface area contributed by atoms with Crippen molar-refractivity contribution in [2.24, 2.45) is 5.92 Å². The van der Waals surface area contributed by atoms with Crippen molar-refractivity contribution in [3.8, 4) is 17.2 Å². The van der Waals surface area contributed by atoms with Crippen LogP contribution in [-0.4, -0.2) is 38.0 Å². The molecule has 1 aromatic heterocycles. The second-order valence-electron chi connectivity index (χ2n) is 11.1. The third kappa shape index (κ3) is 6.15. The number of aromatic nitrogens is 1. The number of carbonyl (C=O) groups excluding carboxylic acids is 2. The number of amides is 1. The van der Waals surface area contributed by atoms with Gasteiger partial charge in [0, 0.05) is 35.3 Å². The number of fused-ring (bicyclic) bond motifs is 1. The lowest BCUT2D eigenvalue weighted by Gasteiger charge is -2.33. The van der Waals surface area contributed by atoms with E-state index in [2.05, 4.69) is 4.98 Å². The molecular weight excluding hydrogens is 528 g/mol. The molecule has 0 bridgehead atoms. The number of methoxy groups -OCH3 is 3. The molecule has 0 saturated heterocycles. The van der Waals surface area contributed by atoms with E-state index < -0.39 is 6.04 Å². The number of aryl methyl sites for hydroxylation is 1. The fourth-order valence-electron chi connectivity index (χ4n) is 6.28. The molecule has 4 aromatic rings. The molecule has 1 aliphatic carbocycles. The Kier molecular flexibility index (Phi) is 9.15. The lowest BCUT2D eigenvalue weighted by atomic mass is 9.83. The highest BCUT2D eigenvalue weighted by molar-refractivity contribution is 6.04. The molecule has 0 radical (unpaired) electrons. The Bertz CT molecular complexity index is 1550. The van der Waals surface area contributed by atoms with Crippen LogP contribution in [0.4, 0.5) is 5.69 Å². The fourth-order valence-corrected chi connectivity index (χ4v) is 6.28. The molecule has 1 aliphatic rings. The highest BCUT2D eigenvalue weighted by Crippen LogP contribution is 2.39. The number of benzene rings is 3. The normalized spacial score (nSPS) is 14.4. The van der Waals surface area contributed by atoms with Gasteiger partial charge in [0.05, 0.1) is 27.8 Å². The van der Waals surface area contributed by atoms with Crippen molar-refractivity contribution in [3.05, 3.63) is 83.6 Å². The number of aromatic amines is 1. The number of ketones is 1. The maximum atomic E-state index is 14.5. The molecule has 220 valence electrons. The predicted octanol–water partition coefficient (Wildman–Crippen LogP) is 7.36. The number of rotatable bonds is 11. The third-order valence-electron chi connectivity index (χ3n) is 8.44. The average molecular weight is 569 g/mol. The molecule has 3 aromatic carbocycles. The molecule has 7 nitrogen and oxygen atoms in total. The topological polar surface area (TPSA) is 80.9 Å². The third-order valence-corrected chi connectivity index (χ3v) is 8.44. The maximum Gasteiger partial charge on any atom is 0.232 e. The average Bonchev–Trinajstić information content (AvgIpc) is 3.42. The van der Waals surface area contributed by atoms with Crippen LogP contribution in [0.15, 0.2) is 66.9 Å². The predicted molar refractivity (Wildman–Crippen MR) is 166 cm³/mol. The highest BCUT2D eigenvalue weighted by Gasteiger charge is 2.35. The SMILES string of the molecule is COc1ccc(C(C(=O)CC2CCCCC2)N(C(=O)Cc2c[nH]c3ccccc23)c2ccc(OC)c(OC)c2)cc1C. The van der Waals surface area contributed by atoms with Gasteiger partial charge in [-0.15, -0.1) is 0 Å². The lowest BCUT2D eigenvalue weighted by molar-refractivity contribution is -0.125. The number of para-hydroxylation sites is 1. The standard InChI is InChI=1S/C35H40N2O5/c1-23-18-25(14-16-31(23)40-2)35(30(38)19-24-10-6-5-7-11-24)37(27-15-17-32(41-3)33(21-27)42-4)34(39)20-26-22-36-29-13-9-8-12-28(26)29/h8-9,12-18,21-22,24,35-36H,5-7,10-11,19-20H2,1-4H3. The van der Waals surface area contributed by atoms with Crippen LogP contribution in [0, 0.1) is 12.8 Å². The Labute approximate surface area is 247 Å². The lowest BCUT2D eigenvalue weighted by Crippen LogP contribution is -2.41. The Balaban J connectivity index is 1.62. The van der Waals surface area contributed by atoms with Crippen LogP contribution in [0.1, 0.15) is 61.3 Å². The first-order valence-corrected chi connectivity index (χ1v) is 14.7. The van der Waals surface area contributed by atoms with Gasteiger partial charge in [0.15, 0.2) is 17.3 Å². The minimum Gasteiger partial charge on any atom is -0.496 e. The number of nitrogens with one attached hydrogen (secondary N) is 1. The van der Waals surface area contributed by atoms with Gasteiger partial charge in [-0.25, -0.2) is 0 Å². The zero-order valence-electron chi connectivity index (χ0n) is 24.9. The van der Waals surface area contributed by atoms with Crippen molar-refractivity contribution in [1.29, 1.82) is 0 Å². The number of H-pyrrole nitrogens is 1. The fraction of sp³-hybridized carbons (Fsp3) is 0.371. The molecule has 1 saturated carbocycles. The second kappa shape index (κ2) is 13.1. The molecule has 1 unspecified atom stereocenters. The van der Waals surface area contributed by atoms with Gasteiger partial charge in [-0.1, -0.05) is 56.4 Å². The molecule has 5 rings (SSSR count). The summed E-state index contributed by atoms with van der Waals surface area (Å²) >= 11 is 0. The van der Waals surface area contributed by atoms with E-state index in [1.54, 1.807) is 38.4 Å². The van der Waals surface area contributed by atoms with Gasteiger partial charge in [0.1, 0.15) is 11.8 Å². The van der Waals surface area contributed by atoms with E-state index in [0.29, 0.717) is 29.5 Å². The largest absolute Gasteiger partial charge is 0.496 e. The van der Waals surface area contributed by atoms with Gasteiger partial charge < -0.3 is 19.2 Å². The smallest absolute Gasteiger partial charge is 0.232 e. The van der Waals surface area contributed by atoms with Crippen LogP contribution in [0.5, 0.6) is 17.2 Å². The summed E-state index contributed by atoms with van der Waals surface area (Å²) in [4.78, 5) is 33.8. The number of hydrogen-bond donors (Lipinski definition) is 1. The number of Topliss-reactive ketones (excluding diaryl/α,β-unsaturated/α-hetero) is 1. The number of anilines is 1. The quantitative estimate of drug-likeness (QED) is 0.204. The molecule has 0 aliphatic heterocycles. The summed E-state index contributed by atoms with van der Waals surface area (Å²) in [6, 6.07) is 18.3. The van der Waals surface area contributed by atoms with Gasteiger partial charge in [0.25, 0.3) is 0 Å². The van der Waals surface area contributed by atoms with E-state index in [0.717, 1.165) is 59.0 Å². The molecular formula is C35H40N2O5. The van der Waals surface area contributed by atoms with Crippen molar-refractivity contribution in [2.75, 3.05) is 26.2 Å². The van der Waals surface area contributed by atoms with E-state index in [1.807, 2.05) is 61.7 Å². The Hall–Kier alpha value is -4.26. The zero-order valence-corrected chi connectivity index (χ0v) is 24.9.